The van der Waals surface area contributed by atoms with Gasteiger partial charge >= 0.3 is 12.4 Å². The van der Waals surface area contributed by atoms with Crippen LogP contribution >= 0.6 is 11.8 Å². The molecule has 204 valence electrons. The Morgan fingerprint density at radius 3 is 2.38 bits per heavy atom. The highest BCUT2D eigenvalue weighted by Gasteiger charge is 2.38. The highest BCUT2D eigenvalue weighted by atomic mass is 32.2. The molecule has 1 heterocycles. The lowest BCUT2D eigenvalue weighted by Crippen LogP contribution is -2.18. The number of amides is 1. The molecule has 0 unspecified atom stereocenters. The number of carbonyl (C=O) groups excluding carboxylic acids is 1. The zero-order valence-corrected chi connectivity index (χ0v) is 21.1. The lowest BCUT2D eigenvalue weighted by atomic mass is 10.0. The number of nitrogens with zero attached hydrogens (tertiary/aromatic N) is 1. The minimum absolute atomic E-state index is 0.0873. The summed E-state index contributed by atoms with van der Waals surface area (Å²) in [4.78, 5) is 16.4. The minimum atomic E-state index is -5.01. The predicted molar refractivity (Wildman–Crippen MR) is 138 cm³/mol. The van der Waals surface area contributed by atoms with Crippen molar-refractivity contribution in [3.05, 3.63) is 99.5 Å². The number of hydrogen-bond donors (Lipinski definition) is 2. The summed E-state index contributed by atoms with van der Waals surface area (Å²) in [5, 5.41) is 5.54. The number of aliphatic imine (C=N–C) groups is 1. The number of alkyl halides is 6. The summed E-state index contributed by atoms with van der Waals surface area (Å²) in [5.74, 6) is 0.602. The summed E-state index contributed by atoms with van der Waals surface area (Å²) in [6.07, 6.45) is -8.20. The van der Waals surface area contributed by atoms with Gasteiger partial charge in [-0.3, -0.25) is 9.79 Å². The van der Waals surface area contributed by atoms with E-state index in [0.29, 0.717) is 34.6 Å². The normalized spacial score (nSPS) is 16.0. The Labute approximate surface area is 224 Å². The van der Waals surface area contributed by atoms with Crippen molar-refractivity contribution in [3.63, 3.8) is 0 Å². The molecule has 2 N–H and O–H groups in total. The highest BCUT2D eigenvalue weighted by Crippen LogP contribution is 2.38. The Kier molecular flexibility index (Phi) is 8.24. The van der Waals surface area contributed by atoms with Crippen molar-refractivity contribution in [2.24, 2.45) is 4.99 Å². The molecule has 0 radical (unpaired) electrons. The third-order valence-corrected chi connectivity index (χ3v) is 6.45. The zero-order valence-electron chi connectivity index (χ0n) is 20.3. The number of anilines is 1. The van der Waals surface area contributed by atoms with E-state index >= 15 is 0 Å². The van der Waals surface area contributed by atoms with E-state index in [1.807, 2.05) is 30.3 Å². The quantitative estimate of drug-likeness (QED) is 0.288. The Balaban J connectivity index is 1.64. The van der Waals surface area contributed by atoms with Crippen LogP contribution < -0.4 is 15.4 Å². The fourth-order valence-electron chi connectivity index (χ4n) is 3.74. The molecule has 5 nitrogen and oxygen atoms in total. The first-order valence-corrected chi connectivity index (χ1v) is 12.3. The van der Waals surface area contributed by atoms with E-state index in [2.05, 4.69) is 15.6 Å². The SMILES string of the molecule is CN=C1NC(=O)S/C1=C\c1ccc(OCc2ccc(C(F)(F)F)cc2C(F)(F)F)c(NCc2ccccc2)c1. The molecular weight excluding hydrogens is 544 g/mol. The van der Waals surface area contributed by atoms with Crippen LogP contribution in [0, 0.1) is 0 Å². The molecule has 1 fully saturated rings. The number of amidine groups is 1. The topological polar surface area (TPSA) is 62.7 Å². The van der Waals surface area contributed by atoms with Gasteiger partial charge in [-0.1, -0.05) is 42.5 Å². The summed E-state index contributed by atoms with van der Waals surface area (Å²) in [7, 11) is 1.54. The van der Waals surface area contributed by atoms with Crippen molar-refractivity contribution in [2.45, 2.75) is 25.5 Å². The van der Waals surface area contributed by atoms with E-state index < -0.39 is 35.6 Å². The van der Waals surface area contributed by atoms with E-state index in [4.69, 9.17) is 4.74 Å². The van der Waals surface area contributed by atoms with Gasteiger partial charge in [0.1, 0.15) is 18.2 Å². The zero-order chi connectivity index (χ0) is 28.2. The van der Waals surface area contributed by atoms with Crippen molar-refractivity contribution in [3.8, 4) is 5.75 Å². The van der Waals surface area contributed by atoms with E-state index in [9.17, 15) is 31.1 Å². The minimum Gasteiger partial charge on any atom is -0.487 e. The first-order valence-electron chi connectivity index (χ1n) is 11.4. The van der Waals surface area contributed by atoms with Crippen molar-refractivity contribution < 1.29 is 35.9 Å². The number of rotatable bonds is 7. The van der Waals surface area contributed by atoms with Crippen molar-refractivity contribution in [1.82, 2.24) is 5.32 Å². The second kappa shape index (κ2) is 11.4. The maximum Gasteiger partial charge on any atom is 0.416 e. The maximum absolute atomic E-state index is 13.6. The van der Waals surface area contributed by atoms with Gasteiger partial charge in [0.25, 0.3) is 5.24 Å². The first-order chi connectivity index (χ1) is 18.4. The second-order valence-corrected chi connectivity index (χ2v) is 9.36. The van der Waals surface area contributed by atoms with Gasteiger partial charge in [0.15, 0.2) is 0 Å². The van der Waals surface area contributed by atoms with E-state index in [1.165, 1.54) is 13.1 Å². The Morgan fingerprint density at radius 1 is 0.974 bits per heavy atom. The summed E-state index contributed by atoms with van der Waals surface area (Å²) in [5.41, 5.74) is -1.23. The molecular formula is C27H21F6N3O2S. The van der Waals surface area contributed by atoms with Gasteiger partial charge in [-0.15, -0.1) is 0 Å². The van der Waals surface area contributed by atoms with Gasteiger partial charge in [-0.05, 0) is 53.2 Å². The average Bonchev–Trinajstić information content (AvgIpc) is 3.25. The lowest BCUT2D eigenvalue weighted by molar-refractivity contribution is -0.143. The number of thioether (sulfide) groups is 1. The van der Waals surface area contributed by atoms with Crippen LogP contribution in [-0.2, 0) is 25.5 Å². The third kappa shape index (κ3) is 7.14. The molecule has 0 aliphatic carbocycles. The molecule has 0 aromatic heterocycles. The van der Waals surface area contributed by atoms with Crippen LogP contribution in [0.3, 0.4) is 0 Å². The number of ether oxygens (including phenoxy) is 1. The molecule has 0 saturated carbocycles. The van der Waals surface area contributed by atoms with E-state index in [0.717, 1.165) is 23.4 Å². The molecule has 3 aromatic rings. The molecule has 0 spiro atoms. The first kappa shape index (κ1) is 28.1. The summed E-state index contributed by atoms with van der Waals surface area (Å²) in [6, 6.07) is 15.7. The van der Waals surface area contributed by atoms with Gasteiger partial charge in [-0.2, -0.15) is 26.3 Å². The smallest absolute Gasteiger partial charge is 0.416 e. The van der Waals surface area contributed by atoms with E-state index in [-0.39, 0.29) is 17.1 Å². The number of halogens is 6. The molecule has 1 aliphatic rings. The van der Waals surface area contributed by atoms with Crippen molar-refractivity contribution in [2.75, 3.05) is 12.4 Å². The van der Waals surface area contributed by atoms with Crippen LogP contribution in [0.25, 0.3) is 6.08 Å². The van der Waals surface area contributed by atoms with Gasteiger partial charge in [0, 0.05) is 19.2 Å². The van der Waals surface area contributed by atoms with Crippen LogP contribution in [0.5, 0.6) is 5.75 Å². The van der Waals surface area contributed by atoms with Crippen LogP contribution in [-0.4, -0.2) is 18.1 Å². The lowest BCUT2D eigenvalue weighted by Gasteiger charge is -2.18. The summed E-state index contributed by atoms with van der Waals surface area (Å²) >= 11 is 0.970. The Bertz CT molecular complexity index is 1420. The van der Waals surface area contributed by atoms with Crippen molar-refractivity contribution in [1.29, 1.82) is 0 Å². The van der Waals surface area contributed by atoms with Gasteiger partial charge in [-0.25, -0.2) is 0 Å². The van der Waals surface area contributed by atoms with Crippen LogP contribution in [0.4, 0.5) is 36.8 Å². The Hall–Kier alpha value is -3.93. The van der Waals surface area contributed by atoms with Gasteiger partial charge in [0.2, 0.25) is 0 Å². The Morgan fingerprint density at radius 2 is 1.72 bits per heavy atom. The number of carbonyl (C=O) groups is 1. The standard InChI is InChI=1S/C27H21F6N3O2S/c1-34-24-23(39-25(37)36-24)12-17-7-10-22(21(11-17)35-14-16-5-3-2-4-6-16)38-15-18-8-9-19(26(28,29)30)13-20(18)27(31,32)33/h2-13,35H,14-15H2,1H3,(H,34,36,37)/b23-12-. The van der Waals surface area contributed by atoms with Crippen LogP contribution in [0.2, 0.25) is 0 Å². The molecule has 0 atom stereocenters. The molecule has 39 heavy (non-hydrogen) atoms. The van der Waals surface area contributed by atoms with Crippen molar-refractivity contribution >= 4 is 34.6 Å². The summed E-state index contributed by atoms with van der Waals surface area (Å²) in [6.45, 7) is -0.254. The molecule has 12 heteroatoms. The van der Waals surface area contributed by atoms with Crippen LogP contribution in [0.15, 0.2) is 76.6 Å². The largest absolute Gasteiger partial charge is 0.487 e. The molecule has 4 rings (SSSR count). The monoisotopic (exact) mass is 565 g/mol. The number of nitrogens with one attached hydrogen (secondary N) is 2. The van der Waals surface area contributed by atoms with Gasteiger partial charge in [0.05, 0.1) is 21.7 Å². The average molecular weight is 566 g/mol. The van der Waals surface area contributed by atoms with Crippen LogP contribution in [0.1, 0.15) is 27.8 Å². The number of benzene rings is 3. The molecule has 1 aliphatic heterocycles. The fourth-order valence-corrected chi connectivity index (χ4v) is 4.52. The molecule has 1 saturated heterocycles. The predicted octanol–water partition coefficient (Wildman–Crippen LogP) is 7.74. The highest BCUT2D eigenvalue weighted by molar-refractivity contribution is 8.18. The molecule has 3 aromatic carbocycles. The fraction of sp³-hybridized carbons (Fsp3) is 0.185. The maximum atomic E-state index is 13.6. The summed E-state index contributed by atoms with van der Waals surface area (Å²) < 4.78 is 85.5. The van der Waals surface area contributed by atoms with E-state index in [1.54, 1.807) is 18.2 Å². The molecule has 1 amide bonds. The number of hydrogen-bond acceptors (Lipinski definition) is 5. The molecule has 0 bridgehead atoms. The second-order valence-electron chi connectivity index (χ2n) is 8.35. The third-order valence-electron chi connectivity index (χ3n) is 5.63. The van der Waals surface area contributed by atoms with Gasteiger partial charge < -0.3 is 15.4 Å².